The number of fused-ring (bicyclic) bond motifs is 1. The quantitative estimate of drug-likeness (QED) is 0.510. The van der Waals surface area contributed by atoms with Gasteiger partial charge in [0.05, 0.1) is 19.3 Å². The van der Waals surface area contributed by atoms with Gasteiger partial charge >= 0.3 is 5.97 Å². The van der Waals surface area contributed by atoms with Crippen LogP contribution >= 0.6 is 27.5 Å². The molecular weight excluding hydrogens is 484 g/mol. The Morgan fingerprint density at radius 3 is 2.52 bits per heavy atom. The number of aromatic nitrogens is 1. The van der Waals surface area contributed by atoms with Crippen LogP contribution in [-0.2, 0) is 9.53 Å². The van der Waals surface area contributed by atoms with Crippen molar-refractivity contribution in [3.05, 3.63) is 57.7 Å². The van der Waals surface area contributed by atoms with Gasteiger partial charge in [0, 0.05) is 52.3 Å². The molecule has 0 unspecified atom stereocenters. The number of amides is 1. The Kier molecular flexibility index (Phi) is 6.50. The molecule has 4 rings (SSSR count). The number of ether oxygens (including phenoxy) is 1. The molecule has 1 aliphatic heterocycles. The highest BCUT2D eigenvalue weighted by Crippen LogP contribution is 2.31. The third kappa shape index (κ3) is 4.87. The summed E-state index contributed by atoms with van der Waals surface area (Å²) in [4.78, 5) is 32.4. The van der Waals surface area contributed by atoms with Gasteiger partial charge in [-0.15, -0.1) is 0 Å². The largest absolute Gasteiger partial charge is 0.464 e. The lowest BCUT2D eigenvalue weighted by atomic mass is 10.2. The van der Waals surface area contributed by atoms with E-state index in [1.54, 1.807) is 0 Å². The zero-order valence-corrected chi connectivity index (χ0v) is 19.3. The van der Waals surface area contributed by atoms with Gasteiger partial charge in [-0.25, -0.2) is 4.79 Å². The number of aromatic amines is 1. The summed E-state index contributed by atoms with van der Waals surface area (Å²) < 4.78 is 5.72. The summed E-state index contributed by atoms with van der Waals surface area (Å²) in [6.07, 6.45) is 0. The fourth-order valence-corrected chi connectivity index (χ4v) is 4.23. The van der Waals surface area contributed by atoms with Gasteiger partial charge < -0.3 is 19.9 Å². The highest BCUT2D eigenvalue weighted by atomic mass is 79.9. The van der Waals surface area contributed by atoms with Crippen LogP contribution < -0.4 is 10.2 Å². The highest BCUT2D eigenvalue weighted by molar-refractivity contribution is 9.10. The van der Waals surface area contributed by atoms with Crippen molar-refractivity contribution in [1.29, 1.82) is 0 Å². The topological polar surface area (TPSA) is 77.7 Å². The first-order chi connectivity index (χ1) is 14.9. The van der Waals surface area contributed by atoms with Gasteiger partial charge in [0.1, 0.15) is 5.69 Å². The molecule has 0 saturated carbocycles. The van der Waals surface area contributed by atoms with Crippen molar-refractivity contribution in [1.82, 2.24) is 9.88 Å². The monoisotopic (exact) mass is 504 g/mol. The van der Waals surface area contributed by atoms with Crippen molar-refractivity contribution in [3.63, 3.8) is 0 Å². The molecule has 0 spiro atoms. The molecule has 7 nitrogen and oxygen atoms in total. The van der Waals surface area contributed by atoms with E-state index in [2.05, 4.69) is 36.0 Å². The molecule has 31 heavy (non-hydrogen) atoms. The maximum Gasteiger partial charge on any atom is 0.356 e. The summed E-state index contributed by atoms with van der Waals surface area (Å²) in [5.41, 5.74) is 2.54. The van der Waals surface area contributed by atoms with Crippen molar-refractivity contribution in [2.24, 2.45) is 0 Å². The van der Waals surface area contributed by atoms with E-state index >= 15 is 0 Å². The number of hydrogen-bond acceptors (Lipinski definition) is 5. The van der Waals surface area contributed by atoms with Crippen molar-refractivity contribution in [3.8, 4) is 0 Å². The predicted octanol–water partition coefficient (Wildman–Crippen LogP) is 4.13. The number of esters is 1. The van der Waals surface area contributed by atoms with Crippen LogP contribution in [0.15, 0.2) is 46.9 Å². The standard InChI is InChI=1S/C22H22BrClN4O3/c1-31-22(30)21-20(17-12-14(23)2-7-18(17)25-21)26-19(29)13-27-8-10-28(11-9-27)16-5-3-15(24)4-6-16/h2-7,12,25H,8-11,13H2,1H3,(H,26,29). The number of carbonyl (C=O) groups is 2. The number of benzene rings is 2. The molecule has 3 aromatic rings. The summed E-state index contributed by atoms with van der Waals surface area (Å²) >= 11 is 9.41. The average Bonchev–Trinajstić information content (AvgIpc) is 3.11. The van der Waals surface area contributed by atoms with Gasteiger partial charge in [-0.2, -0.15) is 0 Å². The van der Waals surface area contributed by atoms with Crippen molar-refractivity contribution in [2.45, 2.75) is 0 Å². The third-order valence-electron chi connectivity index (χ3n) is 5.35. The fourth-order valence-electron chi connectivity index (χ4n) is 3.75. The number of carbonyl (C=O) groups excluding carboxylic acids is 2. The summed E-state index contributed by atoms with van der Waals surface area (Å²) in [6, 6.07) is 13.4. The van der Waals surface area contributed by atoms with Gasteiger partial charge in [0.15, 0.2) is 0 Å². The number of methoxy groups -OCH3 is 1. The molecule has 162 valence electrons. The Labute approximate surface area is 193 Å². The average molecular weight is 506 g/mol. The van der Waals surface area contributed by atoms with Crippen LogP contribution in [0.2, 0.25) is 5.02 Å². The second-order valence-electron chi connectivity index (χ2n) is 7.34. The number of hydrogen-bond donors (Lipinski definition) is 2. The molecule has 1 aliphatic rings. The van der Waals surface area contributed by atoms with E-state index in [0.717, 1.165) is 52.3 Å². The SMILES string of the molecule is COC(=O)c1[nH]c2ccc(Br)cc2c1NC(=O)CN1CCN(c2ccc(Cl)cc2)CC1. The van der Waals surface area contributed by atoms with Gasteiger partial charge in [0.2, 0.25) is 5.91 Å². The lowest BCUT2D eigenvalue weighted by Gasteiger charge is -2.35. The first kappa shape index (κ1) is 21.7. The first-order valence-electron chi connectivity index (χ1n) is 9.87. The lowest BCUT2D eigenvalue weighted by Crippen LogP contribution is -2.48. The van der Waals surface area contributed by atoms with Gasteiger partial charge in [0.25, 0.3) is 0 Å². The Bertz CT molecular complexity index is 1110. The number of piperazine rings is 1. The number of halogens is 2. The molecule has 2 aromatic carbocycles. The Balaban J connectivity index is 1.42. The van der Waals surface area contributed by atoms with Gasteiger partial charge in [-0.1, -0.05) is 27.5 Å². The van der Waals surface area contributed by atoms with Crippen molar-refractivity contribution in [2.75, 3.05) is 50.1 Å². The minimum Gasteiger partial charge on any atom is -0.464 e. The van der Waals surface area contributed by atoms with Crippen LogP contribution in [0.5, 0.6) is 0 Å². The molecular formula is C22H22BrClN4O3. The maximum atomic E-state index is 12.8. The first-order valence-corrected chi connectivity index (χ1v) is 11.0. The summed E-state index contributed by atoms with van der Waals surface area (Å²) in [5.74, 6) is -0.704. The molecule has 9 heteroatoms. The molecule has 2 heterocycles. The molecule has 1 saturated heterocycles. The van der Waals surface area contributed by atoms with Gasteiger partial charge in [-0.05, 0) is 42.5 Å². The van der Waals surface area contributed by atoms with Crippen LogP contribution in [0.1, 0.15) is 10.5 Å². The van der Waals surface area contributed by atoms with E-state index in [9.17, 15) is 9.59 Å². The summed E-state index contributed by atoms with van der Waals surface area (Å²) in [6.45, 7) is 3.42. The smallest absolute Gasteiger partial charge is 0.356 e. The van der Waals surface area contributed by atoms with Crippen LogP contribution in [0.25, 0.3) is 10.9 Å². The molecule has 1 amide bonds. The summed E-state index contributed by atoms with van der Waals surface area (Å²) in [5, 5.41) is 4.37. The molecule has 1 fully saturated rings. The van der Waals surface area contributed by atoms with Gasteiger partial charge in [-0.3, -0.25) is 9.69 Å². The second-order valence-corrected chi connectivity index (χ2v) is 8.70. The number of H-pyrrole nitrogens is 1. The van der Waals surface area contributed by atoms with Crippen LogP contribution in [0.3, 0.4) is 0 Å². The maximum absolute atomic E-state index is 12.8. The Morgan fingerprint density at radius 2 is 1.84 bits per heavy atom. The number of nitrogens with zero attached hydrogens (tertiary/aromatic N) is 2. The fraction of sp³-hybridized carbons (Fsp3) is 0.273. The van der Waals surface area contributed by atoms with E-state index in [1.165, 1.54) is 7.11 Å². The normalized spacial score (nSPS) is 14.6. The molecule has 0 atom stereocenters. The molecule has 2 N–H and O–H groups in total. The lowest BCUT2D eigenvalue weighted by molar-refractivity contribution is -0.117. The van der Waals surface area contributed by atoms with E-state index in [-0.39, 0.29) is 18.1 Å². The second kappa shape index (κ2) is 9.30. The Morgan fingerprint density at radius 1 is 1.13 bits per heavy atom. The molecule has 1 aromatic heterocycles. The van der Waals surface area contributed by atoms with Crippen molar-refractivity contribution >= 4 is 61.7 Å². The number of nitrogens with one attached hydrogen (secondary N) is 2. The van der Waals surface area contributed by atoms with Crippen LogP contribution in [-0.4, -0.2) is 61.6 Å². The van der Waals surface area contributed by atoms with E-state index in [1.807, 2.05) is 42.5 Å². The van der Waals surface area contributed by atoms with E-state index in [0.29, 0.717) is 5.69 Å². The zero-order chi connectivity index (χ0) is 22.0. The van der Waals surface area contributed by atoms with E-state index in [4.69, 9.17) is 16.3 Å². The van der Waals surface area contributed by atoms with Crippen LogP contribution in [0.4, 0.5) is 11.4 Å². The summed E-state index contributed by atoms with van der Waals surface area (Å²) in [7, 11) is 1.32. The Hall–Kier alpha value is -2.55. The highest BCUT2D eigenvalue weighted by Gasteiger charge is 2.23. The molecule has 0 bridgehead atoms. The van der Waals surface area contributed by atoms with E-state index < -0.39 is 5.97 Å². The predicted molar refractivity (Wildman–Crippen MR) is 126 cm³/mol. The number of anilines is 2. The zero-order valence-electron chi connectivity index (χ0n) is 17.0. The minimum absolute atomic E-state index is 0.175. The number of rotatable bonds is 5. The third-order valence-corrected chi connectivity index (χ3v) is 6.09. The molecule has 0 aliphatic carbocycles. The molecule has 0 radical (unpaired) electrons. The minimum atomic E-state index is -0.529. The van der Waals surface area contributed by atoms with Crippen molar-refractivity contribution < 1.29 is 14.3 Å². The van der Waals surface area contributed by atoms with Crippen LogP contribution in [0, 0.1) is 0 Å².